The number of thiol groups is 1. The van der Waals surface area contributed by atoms with Crippen LogP contribution >= 0.6 is 10.9 Å². The number of aliphatic hydroxyl groups excluding tert-OH is 4. The van der Waals surface area contributed by atoms with E-state index in [4.69, 9.17) is 0 Å². The van der Waals surface area contributed by atoms with E-state index >= 15 is 0 Å². The first-order valence-electron chi connectivity index (χ1n) is 12.4. The zero-order valence-corrected chi connectivity index (χ0v) is 21.9. The number of nitrogens with one attached hydrogen (secondary N) is 1. The summed E-state index contributed by atoms with van der Waals surface area (Å²) < 4.78 is 0. The minimum atomic E-state index is -1.09. The lowest BCUT2D eigenvalue weighted by Gasteiger charge is -2.42. The summed E-state index contributed by atoms with van der Waals surface area (Å²) in [5.41, 5.74) is 5.89. The van der Waals surface area contributed by atoms with Crippen molar-refractivity contribution in [2.45, 2.75) is 75.6 Å². The van der Waals surface area contributed by atoms with Crippen molar-refractivity contribution in [3.8, 4) is 0 Å². The first-order chi connectivity index (χ1) is 16.1. The molecule has 2 aromatic rings. The van der Waals surface area contributed by atoms with Gasteiger partial charge in [-0.2, -0.15) is 0 Å². The van der Waals surface area contributed by atoms with E-state index in [1.165, 1.54) is 22.3 Å². The molecule has 2 aromatic carbocycles. The average molecular weight is 490 g/mol. The average Bonchev–Trinajstić information content (AvgIpc) is 2.80. The van der Waals surface area contributed by atoms with Gasteiger partial charge in [-0.15, -0.1) is 0 Å². The Morgan fingerprint density at radius 1 is 0.971 bits per heavy atom. The molecule has 0 amide bonds. The second kappa shape index (κ2) is 12.0. The highest BCUT2D eigenvalue weighted by Gasteiger charge is 2.40. The molecule has 5 N–H and O–H groups in total. The molecule has 0 bridgehead atoms. The molecule has 0 aromatic heterocycles. The first kappa shape index (κ1) is 27.2. The van der Waals surface area contributed by atoms with Crippen molar-refractivity contribution < 1.29 is 20.4 Å². The van der Waals surface area contributed by atoms with Crippen molar-refractivity contribution in [2.24, 2.45) is 0 Å². The second-order valence-corrected chi connectivity index (χ2v) is 13.0. The molecule has 34 heavy (non-hydrogen) atoms. The van der Waals surface area contributed by atoms with Crippen molar-refractivity contribution in [3.63, 3.8) is 0 Å². The lowest BCUT2D eigenvalue weighted by Crippen LogP contribution is -2.47. The van der Waals surface area contributed by atoms with Gasteiger partial charge in [0.2, 0.25) is 0 Å². The van der Waals surface area contributed by atoms with E-state index in [0.29, 0.717) is 5.75 Å². The van der Waals surface area contributed by atoms with Crippen LogP contribution in [-0.2, 0) is 12.8 Å². The van der Waals surface area contributed by atoms with Crippen LogP contribution in [0.25, 0.3) is 0 Å². The minimum absolute atomic E-state index is 0.118. The molecule has 190 valence electrons. The highest BCUT2D eigenvalue weighted by atomic mass is 32.2. The lowest BCUT2D eigenvalue weighted by atomic mass is 9.93. The van der Waals surface area contributed by atoms with E-state index < -0.39 is 29.2 Å². The first-order valence-corrected chi connectivity index (χ1v) is 14.4. The van der Waals surface area contributed by atoms with Gasteiger partial charge in [-0.25, -0.2) is 10.9 Å². The molecule has 1 fully saturated rings. The summed E-state index contributed by atoms with van der Waals surface area (Å²) in [6, 6.07) is 15.2. The largest absolute Gasteiger partial charge is 0.394 e. The summed E-state index contributed by atoms with van der Waals surface area (Å²) in [5, 5.41) is 43.5. The van der Waals surface area contributed by atoms with Gasteiger partial charge in [0.15, 0.2) is 0 Å². The summed E-state index contributed by atoms with van der Waals surface area (Å²) in [6.45, 7) is 7.19. The number of hydrogen-bond acceptors (Lipinski definition) is 5. The maximum Gasteiger partial charge on any atom is 0.108 e. The standard InChI is InChI=1S/C28H43NO4S/c1-19-8-13-22(27-26(33)25(32)24(31)17-34(27)4)16-23(19)15-21-11-9-20(10-12-21)7-5-6-14-29-28(2,3)18-30/h8-13,16,24-27,29-34H,5-7,14-15,17-18H2,1-4H3/t24-,25-,26-,27?/m1/s1. The fraction of sp³-hybridized carbons (Fsp3) is 0.571. The van der Waals surface area contributed by atoms with E-state index in [0.717, 1.165) is 37.8 Å². The van der Waals surface area contributed by atoms with Crippen molar-refractivity contribution in [1.29, 1.82) is 0 Å². The Labute approximate surface area is 207 Å². The van der Waals surface area contributed by atoms with Crippen molar-refractivity contribution >= 4 is 10.9 Å². The van der Waals surface area contributed by atoms with E-state index in [2.05, 4.69) is 61.0 Å². The lowest BCUT2D eigenvalue weighted by molar-refractivity contribution is -0.0561. The second-order valence-electron chi connectivity index (χ2n) is 10.5. The van der Waals surface area contributed by atoms with Crippen LogP contribution in [0.5, 0.6) is 0 Å². The summed E-state index contributed by atoms with van der Waals surface area (Å²) in [5.74, 6) is 0.554. The molecule has 1 aliphatic heterocycles. The Bertz CT molecular complexity index is 917. The third-order valence-corrected chi connectivity index (χ3v) is 9.54. The molecular weight excluding hydrogens is 446 g/mol. The number of hydrogen-bond donors (Lipinski definition) is 6. The van der Waals surface area contributed by atoms with E-state index in [-0.39, 0.29) is 17.4 Å². The molecule has 2 unspecified atom stereocenters. The van der Waals surface area contributed by atoms with E-state index in [9.17, 15) is 20.4 Å². The van der Waals surface area contributed by atoms with Gasteiger partial charge in [-0.1, -0.05) is 42.5 Å². The fourth-order valence-corrected chi connectivity index (χ4v) is 7.09. The molecule has 0 spiro atoms. The number of benzene rings is 2. The maximum atomic E-state index is 10.7. The number of aliphatic hydroxyl groups is 4. The normalized spacial score (nSPS) is 26.5. The molecular formula is C28H43NO4S. The molecule has 0 aliphatic carbocycles. The highest BCUT2D eigenvalue weighted by Crippen LogP contribution is 2.48. The summed E-state index contributed by atoms with van der Waals surface area (Å²) in [7, 11) is -0.616. The number of aryl methyl sites for hydroxylation is 2. The number of unbranched alkanes of at least 4 members (excludes halogenated alkanes) is 1. The Morgan fingerprint density at radius 2 is 1.65 bits per heavy atom. The monoisotopic (exact) mass is 489 g/mol. The third kappa shape index (κ3) is 7.06. The molecule has 1 aliphatic rings. The van der Waals surface area contributed by atoms with Crippen LogP contribution < -0.4 is 5.32 Å². The predicted molar refractivity (Wildman–Crippen MR) is 143 cm³/mol. The predicted octanol–water partition coefficient (Wildman–Crippen LogP) is 3.04. The van der Waals surface area contributed by atoms with Crippen LogP contribution in [0.4, 0.5) is 0 Å². The van der Waals surface area contributed by atoms with Gasteiger partial charge in [-0.05, 0) is 87.1 Å². The molecule has 5 atom stereocenters. The third-order valence-electron chi connectivity index (χ3n) is 7.04. The van der Waals surface area contributed by atoms with Crippen molar-refractivity contribution in [2.75, 3.05) is 25.2 Å². The Balaban J connectivity index is 1.59. The number of rotatable bonds is 10. The van der Waals surface area contributed by atoms with Crippen LogP contribution in [-0.4, -0.2) is 69.4 Å². The van der Waals surface area contributed by atoms with Gasteiger partial charge < -0.3 is 25.7 Å². The molecule has 6 heteroatoms. The van der Waals surface area contributed by atoms with Crippen LogP contribution in [0.2, 0.25) is 0 Å². The van der Waals surface area contributed by atoms with Gasteiger partial charge in [0.05, 0.1) is 18.8 Å². The molecule has 3 rings (SSSR count). The van der Waals surface area contributed by atoms with Gasteiger partial charge in [0.1, 0.15) is 6.10 Å². The Morgan fingerprint density at radius 3 is 2.32 bits per heavy atom. The zero-order valence-electron chi connectivity index (χ0n) is 21.0. The minimum Gasteiger partial charge on any atom is -0.394 e. The van der Waals surface area contributed by atoms with Crippen LogP contribution in [0, 0.1) is 6.92 Å². The van der Waals surface area contributed by atoms with Crippen LogP contribution in [0.3, 0.4) is 0 Å². The summed E-state index contributed by atoms with van der Waals surface area (Å²) in [6.07, 6.45) is 3.31. The van der Waals surface area contributed by atoms with Gasteiger partial charge in [0.25, 0.3) is 0 Å². The van der Waals surface area contributed by atoms with Gasteiger partial charge in [0, 0.05) is 16.5 Å². The van der Waals surface area contributed by atoms with Crippen molar-refractivity contribution in [1.82, 2.24) is 5.32 Å². The zero-order chi connectivity index (χ0) is 24.9. The summed E-state index contributed by atoms with van der Waals surface area (Å²) >= 11 is 0. The smallest absolute Gasteiger partial charge is 0.108 e. The van der Waals surface area contributed by atoms with Gasteiger partial charge >= 0.3 is 0 Å². The molecule has 1 saturated heterocycles. The highest BCUT2D eigenvalue weighted by molar-refractivity contribution is 8.16. The van der Waals surface area contributed by atoms with E-state index in [1.54, 1.807) is 0 Å². The topological polar surface area (TPSA) is 93.0 Å². The Kier molecular flexibility index (Phi) is 9.61. The SMILES string of the molecule is Cc1ccc(C2[C@H](O)[C@H](O)[C@H](O)C[SH]2C)cc1Cc1ccc(CCCCNC(C)(C)CO)cc1. The molecule has 0 radical (unpaired) electrons. The van der Waals surface area contributed by atoms with Gasteiger partial charge in [-0.3, -0.25) is 0 Å². The van der Waals surface area contributed by atoms with Crippen molar-refractivity contribution in [3.05, 3.63) is 70.3 Å². The Hall–Kier alpha value is -1.41. The maximum absolute atomic E-state index is 10.7. The fourth-order valence-electron chi connectivity index (χ4n) is 4.69. The quantitative estimate of drug-likeness (QED) is 0.228. The molecule has 0 saturated carbocycles. The van der Waals surface area contributed by atoms with Crippen LogP contribution in [0.1, 0.15) is 59.8 Å². The van der Waals surface area contributed by atoms with E-state index in [1.807, 2.05) is 13.8 Å². The molecule has 5 nitrogen and oxygen atoms in total. The van der Waals surface area contributed by atoms with Crippen LogP contribution in [0.15, 0.2) is 42.5 Å². The summed E-state index contributed by atoms with van der Waals surface area (Å²) in [4.78, 5) is 0. The molecule has 1 heterocycles.